The van der Waals surface area contributed by atoms with Crippen LogP contribution in [0.3, 0.4) is 0 Å². The van der Waals surface area contributed by atoms with Crippen molar-refractivity contribution in [2.75, 3.05) is 22.9 Å². The first kappa shape index (κ1) is 12.4. The lowest BCUT2D eigenvalue weighted by Gasteiger charge is -2.17. The Balaban J connectivity index is 1.82. The predicted octanol–water partition coefficient (Wildman–Crippen LogP) is 3.29. The van der Waals surface area contributed by atoms with Gasteiger partial charge in [-0.1, -0.05) is 18.2 Å². The minimum atomic E-state index is 0.736. The second kappa shape index (κ2) is 5.21. The standard InChI is InChI=1S/C15H13N5S/c1-2-4-10(5-3-1)19-14-13-11(17-9-18-14)8-12-15(20-13)21-7-6-16-12/h1-5,8-9,16H,6-7H2,(H,17,18,19). The number of rotatable bonds is 2. The molecule has 2 aromatic heterocycles. The van der Waals surface area contributed by atoms with Crippen molar-refractivity contribution in [1.29, 1.82) is 0 Å². The Morgan fingerprint density at radius 1 is 1.14 bits per heavy atom. The largest absolute Gasteiger partial charge is 0.382 e. The SMILES string of the molecule is c1ccc(Nc2ncnc3cc4c(nc23)SCCN4)cc1. The van der Waals surface area contributed by atoms with Crippen molar-refractivity contribution in [1.82, 2.24) is 15.0 Å². The lowest BCUT2D eigenvalue weighted by atomic mass is 10.3. The molecular formula is C15H13N5S. The quantitative estimate of drug-likeness (QED) is 0.756. The summed E-state index contributed by atoms with van der Waals surface area (Å²) >= 11 is 1.76. The summed E-state index contributed by atoms with van der Waals surface area (Å²) in [5.41, 5.74) is 3.69. The number of hydrogen-bond donors (Lipinski definition) is 2. The maximum absolute atomic E-state index is 4.72. The van der Waals surface area contributed by atoms with Gasteiger partial charge in [0.15, 0.2) is 5.82 Å². The number of aromatic nitrogens is 3. The Hall–Kier alpha value is -2.34. The number of para-hydroxylation sites is 1. The molecule has 1 aliphatic rings. The number of thioether (sulfide) groups is 1. The highest BCUT2D eigenvalue weighted by molar-refractivity contribution is 7.99. The lowest BCUT2D eigenvalue weighted by Crippen LogP contribution is -2.11. The van der Waals surface area contributed by atoms with Gasteiger partial charge in [-0.25, -0.2) is 15.0 Å². The zero-order valence-electron chi connectivity index (χ0n) is 11.2. The van der Waals surface area contributed by atoms with E-state index in [2.05, 4.69) is 20.6 Å². The predicted molar refractivity (Wildman–Crippen MR) is 86.3 cm³/mol. The highest BCUT2D eigenvalue weighted by Crippen LogP contribution is 2.33. The van der Waals surface area contributed by atoms with E-state index < -0.39 is 0 Å². The summed E-state index contributed by atoms with van der Waals surface area (Å²) in [6.07, 6.45) is 1.57. The first-order chi connectivity index (χ1) is 10.4. The van der Waals surface area contributed by atoms with E-state index in [1.807, 2.05) is 36.4 Å². The van der Waals surface area contributed by atoms with Crippen molar-refractivity contribution in [2.24, 2.45) is 0 Å². The fourth-order valence-electron chi connectivity index (χ4n) is 2.29. The topological polar surface area (TPSA) is 62.7 Å². The smallest absolute Gasteiger partial charge is 0.160 e. The summed E-state index contributed by atoms with van der Waals surface area (Å²) < 4.78 is 0. The van der Waals surface area contributed by atoms with E-state index in [-0.39, 0.29) is 0 Å². The van der Waals surface area contributed by atoms with Gasteiger partial charge in [-0.05, 0) is 18.2 Å². The Kier molecular flexibility index (Phi) is 3.08. The molecule has 2 N–H and O–H groups in total. The Morgan fingerprint density at radius 3 is 2.95 bits per heavy atom. The van der Waals surface area contributed by atoms with Crippen molar-refractivity contribution in [2.45, 2.75) is 5.03 Å². The van der Waals surface area contributed by atoms with Gasteiger partial charge in [0.25, 0.3) is 0 Å². The Morgan fingerprint density at radius 2 is 2.05 bits per heavy atom. The fraction of sp³-hybridized carbons (Fsp3) is 0.133. The molecule has 6 heteroatoms. The van der Waals surface area contributed by atoms with Gasteiger partial charge in [-0.15, -0.1) is 11.8 Å². The van der Waals surface area contributed by atoms with Crippen LogP contribution >= 0.6 is 11.8 Å². The van der Waals surface area contributed by atoms with Crippen LogP contribution < -0.4 is 10.6 Å². The molecule has 1 aromatic carbocycles. The number of pyridine rings is 1. The van der Waals surface area contributed by atoms with E-state index >= 15 is 0 Å². The molecular weight excluding hydrogens is 282 g/mol. The van der Waals surface area contributed by atoms with Crippen molar-refractivity contribution in [3.8, 4) is 0 Å². The molecule has 0 aliphatic carbocycles. The summed E-state index contributed by atoms with van der Waals surface area (Å²) in [4.78, 5) is 13.4. The molecule has 0 fully saturated rings. The third-order valence-electron chi connectivity index (χ3n) is 3.27. The molecule has 21 heavy (non-hydrogen) atoms. The third-order valence-corrected chi connectivity index (χ3v) is 4.26. The van der Waals surface area contributed by atoms with Crippen molar-refractivity contribution in [3.63, 3.8) is 0 Å². The lowest BCUT2D eigenvalue weighted by molar-refractivity contribution is 1.08. The van der Waals surface area contributed by atoms with E-state index in [1.54, 1.807) is 18.1 Å². The number of nitrogens with zero attached hydrogens (tertiary/aromatic N) is 3. The average Bonchev–Trinajstić information content (AvgIpc) is 2.54. The van der Waals surface area contributed by atoms with E-state index in [4.69, 9.17) is 4.98 Å². The number of benzene rings is 1. The van der Waals surface area contributed by atoms with Gasteiger partial charge in [0, 0.05) is 18.0 Å². The summed E-state index contributed by atoms with van der Waals surface area (Å²) in [6.45, 7) is 0.963. The first-order valence-corrected chi connectivity index (χ1v) is 7.73. The molecule has 0 unspecified atom stereocenters. The van der Waals surface area contributed by atoms with E-state index in [0.717, 1.165) is 45.5 Å². The molecule has 104 valence electrons. The minimum absolute atomic E-state index is 0.736. The van der Waals surface area contributed by atoms with E-state index in [1.165, 1.54) is 0 Å². The van der Waals surface area contributed by atoms with Crippen LogP contribution in [0.2, 0.25) is 0 Å². The van der Waals surface area contributed by atoms with Crippen LogP contribution in [0.15, 0.2) is 47.8 Å². The van der Waals surface area contributed by atoms with Crippen LogP contribution in [0.4, 0.5) is 17.2 Å². The normalized spacial score (nSPS) is 13.5. The van der Waals surface area contributed by atoms with Crippen LogP contribution in [-0.2, 0) is 0 Å². The summed E-state index contributed by atoms with van der Waals surface area (Å²) in [5.74, 6) is 1.76. The van der Waals surface area contributed by atoms with Gasteiger partial charge in [0.1, 0.15) is 16.9 Å². The zero-order chi connectivity index (χ0) is 14.1. The third kappa shape index (κ3) is 2.38. The highest BCUT2D eigenvalue weighted by Gasteiger charge is 2.14. The maximum atomic E-state index is 4.72. The molecule has 5 nitrogen and oxygen atoms in total. The van der Waals surface area contributed by atoms with Crippen LogP contribution in [-0.4, -0.2) is 27.2 Å². The molecule has 3 heterocycles. The molecule has 0 atom stereocenters. The molecule has 0 saturated heterocycles. The van der Waals surface area contributed by atoms with E-state index in [0.29, 0.717) is 0 Å². The summed E-state index contributed by atoms with van der Waals surface area (Å²) in [5, 5.41) is 7.68. The number of fused-ring (bicyclic) bond motifs is 2. The Bertz CT molecular complexity index is 791. The van der Waals surface area contributed by atoms with Crippen molar-refractivity contribution < 1.29 is 0 Å². The van der Waals surface area contributed by atoms with Gasteiger partial charge in [0.05, 0.1) is 11.2 Å². The second-order valence-corrected chi connectivity index (χ2v) is 5.78. The minimum Gasteiger partial charge on any atom is -0.382 e. The number of anilines is 3. The molecule has 0 radical (unpaired) electrons. The molecule has 4 rings (SSSR count). The molecule has 1 aliphatic heterocycles. The fourth-order valence-corrected chi connectivity index (χ4v) is 3.13. The summed E-state index contributed by atoms with van der Waals surface area (Å²) in [7, 11) is 0. The molecule has 3 aromatic rings. The number of hydrogen-bond acceptors (Lipinski definition) is 6. The van der Waals surface area contributed by atoms with Crippen molar-refractivity contribution in [3.05, 3.63) is 42.7 Å². The van der Waals surface area contributed by atoms with Crippen LogP contribution in [0.1, 0.15) is 0 Å². The van der Waals surface area contributed by atoms with Crippen LogP contribution in [0.5, 0.6) is 0 Å². The maximum Gasteiger partial charge on any atom is 0.160 e. The van der Waals surface area contributed by atoms with Crippen molar-refractivity contribution >= 4 is 40.0 Å². The molecule has 0 spiro atoms. The first-order valence-electron chi connectivity index (χ1n) is 6.75. The van der Waals surface area contributed by atoms with Gasteiger partial charge in [-0.3, -0.25) is 0 Å². The Labute approximate surface area is 126 Å². The van der Waals surface area contributed by atoms with E-state index in [9.17, 15) is 0 Å². The highest BCUT2D eigenvalue weighted by atomic mass is 32.2. The van der Waals surface area contributed by atoms with Gasteiger partial charge in [0.2, 0.25) is 0 Å². The van der Waals surface area contributed by atoms with Gasteiger partial charge >= 0.3 is 0 Å². The molecule has 0 bridgehead atoms. The van der Waals surface area contributed by atoms with Crippen LogP contribution in [0, 0.1) is 0 Å². The average molecular weight is 295 g/mol. The number of nitrogens with one attached hydrogen (secondary N) is 2. The second-order valence-electron chi connectivity index (χ2n) is 4.70. The monoisotopic (exact) mass is 295 g/mol. The van der Waals surface area contributed by atoms with Gasteiger partial charge < -0.3 is 10.6 Å². The summed E-state index contributed by atoms with van der Waals surface area (Å²) in [6, 6.07) is 12.0. The van der Waals surface area contributed by atoms with Crippen LogP contribution in [0.25, 0.3) is 11.0 Å². The zero-order valence-corrected chi connectivity index (χ0v) is 12.0. The van der Waals surface area contributed by atoms with Gasteiger partial charge in [-0.2, -0.15) is 0 Å². The molecule has 0 saturated carbocycles. The molecule has 0 amide bonds.